The first-order valence-electron chi connectivity index (χ1n) is 5.94. The van der Waals surface area contributed by atoms with Gasteiger partial charge in [0.1, 0.15) is 23.8 Å². The number of ether oxygens (including phenoxy) is 1. The quantitative estimate of drug-likeness (QED) is 0.814. The zero-order valence-corrected chi connectivity index (χ0v) is 11.2. The minimum atomic E-state index is -4.38. The largest absolute Gasteiger partial charge is 0.383 e. The third kappa shape index (κ3) is 4.10. The van der Waals surface area contributed by atoms with Gasteiger partial charge in [0.25, 0.3) is 0 Å². The van der Waals surface area contributed by atoms with E-state index in [-0.39, 0.29) is 0 Å². The van der Waals surface area contributed by atoms with Crippen LogP contribution in [0.3, 0.4) is 0 Å². The van der Waals surface area contributed by atoms with Crippen LogP contribution in [0.1, 0.15) is 19.4 Å². The minimum absolute atomic E-state index is 0.392. The first-order valence-corrected chi connectivity index (χ1v) is 5.94. The summed E-state index contributed by atoms with van der Waals surface area (Å²) in [6.07, 6.45) is -5.35. The molecule has 0 radical (unpaired) electrons. The van der Waals surface area contributed by atoms with Gasteiger partial charge in [0, 0.05) is 11.6 Å². The van der Waals surface area contributed by atoms with E-state index >= 15 is 0 Å². The summed E-state index contributed by atoms with van der Waals surface area (Å²) in [5.74, 6) is -6.37. The molecule has 0 heterocycles. The van der Waals surface area contributed by atoms with Crippen molar-refractivity contribution in [2.24, 2.45) is 0 Å². The third-order valence-corrected chi connectivity index (χ3v) is 3.11. The summed E-state index contributed by atoms with van der Waals surface area (Å²) < 4.78 is 80.4. The van der Waals surface area contributed by atoms with Crippen LogP contribution in [0.4, 0.5) is 26.3 Å². The van der Waals surface area contributed by atoms with Gasteiger partial charge in [0.05, 0.1) is 6.10 Å². The molecule has 2 nitrogen and oxygen atoms in total. The fourth-order valence-corrected chi connectivity index (χ4v) is 1.58. The number of hydrogen-bond donors (Lipinski definition) is 1. The lowest BCUT2D eigenvalue weighted by molar-refractivity contribution is -0.195. The Labute approximate surface area is 117 Å². The van der Waals surface area contributed by atoms with E-state index < -0.39 is 47.9 Å². The van der Waals surface area contributed by atoms with Crippen LogP contribution < -0.4 is 0 Å². The number of rotatable bonds is 6. The van der Waals surface area contributed by atoms with E-state index in [0.717, 1.165) is 26.0 Å². The van der Waals surface area contributed by atoms with Gasteiger partial charge in [0.2, 0.25) is 0 Å². The maximum atomic E-state index is 13.6. The standard InChI is InChI=1S/C13H14F6O2/c1-7(21-6-13(18,19)11(16)17)12(2,20)9-4-3-8(14)5-10(9)15/h3-5,7,11,20H,6H2,1-2H3. The van der Waals surface area contributed by atoms with Crippen LogP contribution in [0.5, 0.6) is 0 Å². The lowest BCUT2D eigenvalue weighted by atomic mass is 9.90. The van der Waals surface area contributed by atoms with Crippen molar-refractivity contribution in [2.45, 2.75) is 37.9 Å². The van der Waals surface area contributed by atoms with Gasteiger partial charge >= 0.3 is 12.3 Å². The summed E-state index contributed by atoms with van der Waals surface area (Å²) in [4.78, 5) is 0. The molecule has 0 saturated heterocycles. The van der Waals surface area contributed by atoms with Crippen LogP contribution in [0, 0.1) is 11.6 Å². The molecule has 1 aromatic rings. The average Bonchev–Trinajstić information content (AvgIpc) is 2.35. The maximum absolute atomic E-state index is 13.6. The van der Waals surface area contributed by atoms with E-state index in [0.29, 0.717) is 6.07 Å². The SMILES string of the molecule is CC(OCC(F)(F)C(F)F)C(C)(O)c1ccc(F)cc1F. The normalized spacial score (nSPS) is 16.9. The molecule has 0 spiro atoms. The molecular formula is C13H14F6O2. The van der Waals surface area contributed by atoms with E-state index in [2.05, 4.69) is 4.74 Å². The Morgan fingerprint density at radius 3 is 2.29 bits per heavy atom. The second-order valence-corrected chi connectivity index (χ2v) is 4.79. The minimum Gasteiger partial charge on any atom is -0.383 e. The highest BCUT2D eigenvalue weighted by atomic mass is 19.3. The molecule has 0 fully saturated rings. The summed E-state index contributed by atoms with van der Waals surface area (Å²) in [6.45, 7) is 0.531. The van der Waals surface area contributed by atoms with Crippen molar-refractivity contribution in [3.05, 3.63) is 35.4 Å². The summed E-state index contributed by atoms with van der Waals surface area (Å²) in [5.41, 5.74) is -2.49. The van der Waals surface area contributed by atoms with E-state index in [1.807, 2.05) is 0 Å². The molecule has 21 heavy (non-hydrogen) atoms. The summed E-state index contributed by atoms with van der Waals surface area (Å²) >= 11 is 0. The van der Waals surface area contributed by atoms with Crippen LogP contribution in [-0.4, -0.2) is 30.2 Å². The Balaban J connectivity index is 2.87. The fraction of sp³-hybridized carbons (Fsp3) is 0.538. The zero-order valence-electron chi connectivity index (χ0n) is 11.2. The predicted octanol–water partition coefficient (Wildman–Crippen LogP) is 3.48. The molecule has 0 aromatic heterocycles. The van der Waals surface area contributed by atoms with Crippen LogP contribution >= 0.6 is 0 Å². The molecular weight excluding hydrogens is 302 g/mol. The van der Waals surface area contributed by atoms with E-state index in [1.165, 1.54) is 0 Å². The Morgan fingerprint density at radius 2 is 1.81 bits per heavy atom. The molecule has 2 atom stereocenters. The van der Waals surface area contributed by atoms with Crippen LogP contribution in [-0.2, 0) is 10.3 Å². The zero-order chi connectivity index (χ0) is 16.4. The van der Waals surface area contributed by atoms with Crippen LogP contribution in [0.15, 0.2) is 18.2 Å². The van der Waals surface area contributed by atoms with Gasteiger partial charge < -0.3 is 9.84 Å². The second kappa shape index (κ2) is 6.23. The number of benzene rings is 1. The predicted molar refractivity (Wildman–Crippen MR) is 62.3 cm³/mol. The summed E-state index contributed by atoms with van der Waals surface area (Å²) in [6, 6.07) is 2.30. The Kier molecular flexibility index (Phi) is 5.27. The first-order chi connectivity index (χ1) is 9.48. The molecule has 1 rings (SSSR count). The van der Waals surface area contributed by atoms with Gasteiger partial charge in [-0.05, 0) is 19.9 Å². The monoisotopic (exact) mass is 316 g/mol. The number of alkyl halides is 4. The smallest absolute Gasteiger partial charge is 0.330 e. The fourth-order valence-electron chi connectivity index (χ4n) is 1.58. The van der Waals surface area contributed by atoms with Crippen molar-refractivity contribution in [3.63, 3.8) is 0 Å². The van der Waals surface area contributed by atoms with Gasteiger partial charge in [-0.15, -0.1) is 0 Å². The maximum Gasteiger partial charge on any atom is 0.330 e. The second-order valence-electron chi connectivity index (χ2n) is 4.79. The molecule has 8 heteroatoms. The number of aliphatic hydroxyl groups is 1. The molecule has 1 aromatic carbocycles. The molecule has 0 aliphatic carbocycles. The highest BCUT2D eigenvalue weighted by molar-refractivity contribution is 5.25. The van der Waals surface area contributed by atoms with Crippen molar-refractivity contribution in [2.75, 3.05) is 6.61 Å². The van der Waals surface area contributed by atoms with E-state index in [9.17, 15) is 31.4 Å². The van der Waals surface area contributed by atoms with Crippen molar-refractivity contribution in [1.82, 2.24) is 0 Å². The molecule has 2 unspecified atom stereocenters. The average molecular weight is 316 g/mol. The van der Waals surface area contributed by atoms with Gasteiger partial charge in [0.15, 0.2) is 0 Å². The molecule has 0 bridgehead atoms. The summed E-state index contributed by atoms with van der Waals surface area (Å²) in [5, 5.41) is 10.1. The van der Waals surface area contributed by atoms with Crippen molar-refractivity contribution in [3.8, 4) is 0 Å². The molecule has 0 amide bonds. The lowest BCUT2D eigenvalue weighted by Crippen LogP contribution is -2.41. The molecule has 120 valence electrons. The Hall–Kier alpha value is -1.28. The third-order valence-electron chi connectivity index (χ3n) is 3.11. The van der Waals surface area contributed by atoms with E-state index in [4.69, 9.17) is 0 Å². The van der Waals surface area contributed by atoms with Crippen molar-refractivity contribution >= 4 is 0 Å². The Bertz CT molecular complexity index is 490. The van der Waals surface area contributed by atoms with Crippen LogP contribution in [0.2, 0.25) is 0 Å². The number of halogens is 6. The van der Waals surface area contributed by atoms with E-state index in [1.54, 1.807) is 0 Å². The first kappa shape index (κ1) is 17.8. The molecule has 1 N–H and O–H groups in total. The highest BCUT2D eigenvalue weighted by Crippen LogP contribution is 2.31. The van der Waals surface area contributed by atoms with Crippen molar-refractivity contribution in [1.29, 1.82) is 0 Å². The summed E-state index contributed by atoms with van der Waals surface area (Å²) in [7, 11) is 0. The molecule has 0 aliphatic heterocycles. The van der Waals surface area contributed by atoms with Crippen molar-refractivity contribution < 1.29 is 36.2 Å². The van der Waals surface area contributed by atoms with Crippen LogP contribution in [0.25, 0.3) is 0 Å². The topological polar surface area (TPSA) is 29.5 Å². The van der Waals surface area contributed by atoms with Gasteiger partial charge in [-0.3, -0.25) is 0 Å². The van der Waals surface area contributed by atoms with Gasteiger partial charge in [-0.25, -0.2) is 17.6 Å². The molecule has 0 aliphatic rings. The number of hydrogen-bond acceptors (Lipinski definition) is 2. The highest BCUT2D eigenvalue weighted by Gasteiger charge is 2.43. The molecule has 0 saturated carbocycles. The van der Waals surface area contributed by atoms with Gasteiger partial charge in [-0.1, -0.05) is 6.07 Å². The van der Waals surface area contributed by atoms with Gasteiger partial charge in [-0.2, -0.15) is 8.78 Å². The lowest BCUT2D eigenvalue weighted by Gasteiger charge is -2.32. The Morgan fingerprint density at radius 1 is 1.24 bits per heavy atom.